The smallest absolute Gasteiger partial charge is 0.305 e. The summed E-state index contributed by atoms with van der Waals surface area (Å²) >= 11 is 0. The van der Waals surface area contributed by atoms with Crippen molar-refractivity contribution in [1.82, 2.24) is 0 Å². The molecule has 0 aromatic heterocycles. The number of aliphatic carboxylic acids is 1. The van der Waals surface area contributed by atoms with Crippen LogP contribution < -0.4 is 9.04 Å². The van der Waals surface area contributed by atoms with Gasteiger partial charge in [-0.3, -0.25) is 9.10 Å². The van der Waals surface area contributed by atoms with Gasteiger partial charge in [0.1, 0.15) is 5.75 Å². The van der Waals surface area contributed by atoms with Gasteiger partial charge in [-0.1, -0.05) is 30.3 Å². The van der Waals surface area contributed by atoms with Crippen LogP contribution >= 0.6 is 0 Å². The minimum atomic E-state index is -3.89. The topological polar surface area (TPSA) is 83.9 Å². The summed E-state index contributed by atoms with van der Waals surface area (Å²) in [6.45, 7) is -0.188. The van der Waals surface area contributed by atoms with Gasteiger partial charge in [0.2, 0.25) is 0 Å². The van der Waals surface area contributed by atoms with Crippen molar-refractivity contribution in [2.45, 2.75) is 11.3 Å². The van der Waals surface area contributed by atoms with E-state index < -0.39 is 16.0 Å². The number of methoxy groups -OCH3 is 1. The number of sulfonamides is 1. The van der Waals surface area contributed by atoms with Crippen LogP contribution in [0.5, 0.6) is 5.75 Å². The first-order chi connectivity index (χ1) is 11.0. The Bertz CT molecular complexity index is 774. The SMILES string of the molecule is COc1ccccc1N(CCC(=O)O)S(=O)(=O)c1ccccc1. The summed E-state index contributed by atoms with van der Waals surface area (Å²) in [6.07, 6.45) is -0.315. The molecule has 0 aliphatic carbocycles. The van der Waals surface area contributed by atoms with Gasteiger partial charge >= 0.3 is 5.97 Å². The molecule has 0 amide bonds. The molecule has 2 aromatic rings. The molecular formula is C16H17NO5S. The Morgan fingerprint density at radius 1 is 1.09 bits per heavy atom. The summed E-state index contributed by atoms with van der Waals surface area (Å²) in [7, 11) is -2.46. The number of anilines is 1. The van der Waals surface area contributed by atoms with E-state index in [1.54, 1.807) is 42.5 Å². The molecule has 0 atom stereocenters. The first-order valence-corrected chi connectivity index (χ1v) is 8.33. The summed E-state index contributed by atoms with van der Waals surface area (Å²) < 4.78 is 32.1. The average molecular weight is 335 g/mol. The van der Waals surface area contributed by atoms with Crippen LogP contribution in [-0.2, 0) is 14.8 Å². The number of carboxylic acid groups (broad SMARTS) is 1. The molecule has 2 aromatic carbocycles. The summed E-state index contributed by atoms with van der Waals surface area (Å²) in [5.41, 5.74) is 0.306. The number of carbonyl (C=O) groups is 1. The van der Waals surface area contributed by atoms with Crippen molar-refractivity contribution in [1.29, 1.82) is 0 Å². The Morgan fingerprint density at radius 3 is 2.30 bits per heavy atom. The second-order valence-corrected chi connectivity index (χ2v) is 6.57. The fourth-order valence-corrected chi connectivity index (χ4v) is 3.62. The first-order valence-electron chi connectivity index (χ1n) is 6.89. The van der Waals surface area contributed by atoms with E-state index in [2.05, 4.69) is 0 Å². The molecule has 1 N–H and O–H groups in total. The maximum absolute atomic E-state index is 12.9. The molecule has 122 valence electrons. The number of hydrogen-bond donors (Lipinski definition) is 1. The van der Waals surface area contributed by atoms with Crippen molar-refractivity contribution >= 4 is 21.7 Å². The average Bonchev–Trinajstić information content (AvgIpc) is 2.56. The standard InChI is InChI=1S/C16H17NO5S/c1-22-15-10-6-5-9-14(15)17(12-11-16(18)19)23(20,21)13-7-3-2-4-8-13/h2-10H,11-12H2,1H3,(H,18,19). The fourth-order valence-electron chi connectivity index (χ4n) is 2.12. The molecule has 0 unspecified atom stereocenters. The lowest BCUT2D eigenvalue weighted by atomic mass is 10.3. The van der Waals surface area contributed by atoms with Crippen molar-refractivity contribution < 1.29 is 23.1 Å². The largest absolute Gasteiger partial charge is 0.495 e. The molecule has 0 spiro atoms. The quantitative estimate of drug-likeness (QED) is 0.840. The summed E-state index contributed by atoms with van der Waals surface area (Å²) in [6, 6.07) is 14.5. The number of nitrogens with zero attached hydrogens (tertiary/aromatic N) is 1. The highest BCUT2D eigenvalue weighted by Crippen LogP contribution is 2.32. The van der Waals surface area contributed by atoms with Crippen molar-refractivity contribution in [3.8, 4) is 5.75 Å². The van der Waals surface area contributed by atoms with Gasteiger partial charge in [-0.05, 0) is 24.3 Å². The zero-order chi connectivity index (χ0) is 16.9. The van der Waals surface area contributed by atoms with Crippen molar-refractivity contribution in [2.24, 2.45) is 0 Å². The fraction of sp³-hybridized carbons (Fsp3) is 0.188. The zero-order valence-corrected chi connectivity index (χ0v) is 13.4. The zero-order valence-electron chi connectivity index (χ0n) is 12.5. The number of ether oxygens (including phenoxy) is 1. The van der Waals surface area contributed by atoms with Crippen LogP contribution in [0.1, 0.15) is 6.42 Å². The molecule has 7 heteroatoms. The normalized spacial score (nSPS) is 11.0. The molecular weight excluding hydrogens is 318 g/mol. The van der Waals surface area contributed by atoms with Crippen molar-refractivity contribution in [2.75, 3.05) is 18.0 Å². The van der Waals surface area contributed by atoms with E-state index in [-0.39, 0.29) is 17.9 Å². The molecule has 0 radical (unpaired) electrons. The van der Waals surface area contributed by atoms with Gasteiger partial charge in [-0.25, -0.2) is 8.42 Å². The number of carboxylic acids is 1. The predicted molar refractivity (Wildman–Crippen MR) is 86.2 cm³/mol. The third kappa shape index (κ3) is 3.81. The molecule has 2 rings (SSSR count). The van der Waals surface area contributed by atoms with E-state index >= 15 is 0 Å². The summed E-state index contributed by atoms with van der Waals surface area (Å²) in [4.78, 5) is 11.0. The minimum Gasteiger partial charge on any atom is -0.495 e. The molecule has 0 fully saturated rings. The van der Waals surface area contributed by atoms with Crippen LogP contribution in [0.15, 0.2) is 59.5 Å². The number of hydrogen-bond acceptors (Lipinski definition) is 4. The molecule has 0 bridgehead atoms. The molecule has 6 nitrogen and oxygen atoms in total. The van der Waals surface area contributed by atoms with Gasteiger partial charge < -0.3 is 9.84 Å². The maximum atomic E-state index is 12.9. The molecule has 0 saturated carbocycles. The molecule has 23 heavy (non-hydrogen) atoms. The molecule has 0 heterocycles. The van der Waals surface area contributed by atoms with E-state index in [0.717, 1.165) is 4.31 Å². The Labute approximate surface area is 135 Å². The van der Waals surface area contributed by atoms with Gasteiger partial charge in [0, 0.05) is 6.54 Å². The lowest BCUT2D eigenvalue weighted by Crippen LogP contribution is -2.33. The van der Waals surface area contributed by atoms with Crippen LogP contribution in [0.4, 0.5) is 5.69 Å². The summed E-state index contributed by atoms with van der Waals surface area (Å²) in [5, 5.41) is 8.92. The monoisotopic (exact) mass is 335 g/mol. The van der Waals surface area contributed by atoms with Crippen LogP contribution in [0.3, 0.4) is 0 Å². The molecule has 0 saturated heterocycles. The lowest BCUT2D eigenvalue weighted by molar-refractivity contribution is -0.136. The minimum absolute atomic E-state index is 0.0938. The van der Waals surface area contributed by atoms with E-state index in [1.165, 1.54) is 19.2 Å². The Balaban J connectivity index is 2.52. The Kier molecular flexibility index (Phi) is 5.23. The van der Waals surface area contributed by atoms with Gasteiger partial charge in [0.15, 0.2) is 0 Å². The highest BCUT2D eigenvalue weighted by Gasteiger charge is 2.27. The summed E-state index contributed by atoms with van der Waals surface area (Å²) in [5.74, 6) is -0.717. The maximum Gasteiger partial charge on any atom is 0.305 e. The third-order valence-electron chi connectivity index (χ3n) is 3.21. The number of rotatable bonds is 7. The van der Waals surface area contributed by atoms with E-state index in [9.17, 15) is 13.2 Å². The highest BCUT2D eigenvalue weighted by atomic mass is 32.2. The third-order valence-corrected chi connectivity index (χ3v) is 5.04. The lowest BCUT2D eigenvalue weighted by Gasteiger charge is -2.25. The van der Waals surface area contributed by atoms with E-state index in [0.29, 0.717) is 11.4 Å². The van der Waals surface area contributed by atoms with Crippen LogP contribution in [0, 0.1) is 0 Å². The predicted octanol–water partition coefficient (Wildman–Crippen LogP) is 2.37. The van der Waals surface area contributed by atoms with Gasteiger partial charge in [0.05, 0.1) is 24.1 Å². The van der Waals surface area contributed by atoms with Crippen LogP contribution in [-0.4, -0.2) is 33.1 Å². The van der Waals surface area contributed by atoms with Gasteiger partial charge in [-0.15, -0.1) is 0 Å². The van der Waals surface area contributed by atoms with Gasteiger partial charge in [0.25, 0.3) is 10.0 Å². The van der Waals surface area contributed by atoms with E-state index in [1.807, 2.05) is 0 Å². The van der Waals surface area contributed by atoms with E-state index in [4.69, 9.17) is 9.84 Å². The second-order valence-electron chi connectivity index (χ2n) is 4.71. The molecule has 0 aliphatic heterocycles. The number of para-hydroxylation sites is 2. The van der Waals surface area contributed by atoms with Crippen molar-refractivity contribution in [3.05, 3.63) is 54.6 Å². The number of benzene rings is 2. The highest BCUT2D eigenvalue weighted by molar-refractivity contribution is 7.92. The first kappa shape index (κ1) is 16.8. The Hall–Kier alpha value is -2.54. The van der Waals surface area contributed by atoms with Gasteiger partial charge in [-0.2, -0.15) is 0 Å². The Morgan fingerprint density at radius 2 is 1.70 bits per heavy atom. The van der Waals surface area contributed by atoms with Crippen LogP contribution in [0.2, 0.25) is 0 Å². The second kappa shape index (κ2) is 7.15. The van der Waals surface area contributed by atoms with Crippen molar-refractivity contribution in [3.63, 3.8) is 0 Å². The molecule has 0 aliphatic rings. The van der Waals surface area contributed by atoms with Crippen LogP contribution in [0.25, 0.3) is 0 Å².